The second kappa shape index (κ2) is 10.3. The Bertz CT molecular complexity index is 1110. The molecule has 7 nitrogen and oxygen atoms in total. The van der Waals surface area contributed by atoms with Gasteiger partial charge in [0, 0.05) is 5.02 Å². The number of amides is 2. The van der Waals surface area contributed by atoms with Gasteiger partial charge in [-0.1, -0.05) is 34.8 Å². The van der Waals surface area contributed by atoms with Gasteiger partial charge < -0.3 is 9.47 Å². The summed E-state index contributed by atoms with van der Waals surface area (Å²) in [4.78, 5) is 38.2. The fourth-order valence-electron chi connectivity index (χ4n) is 2.78. The lowest BCUT2D eigenvalue weighted by Gasteiger charge is -2.29. The number of nitrogens with zero attached hydrogens (tertiary/aromatic N) is 1. The number of nitrogens with one attached hydrogen (secondary N) is 1. The lowest BCUT2D eigenvalue weighted by atomic mass is 10.1. The third-order valence-corrected chi connectivity index (χ3v) is 5.26. The Hall–Kier alpha value is -2.65. The second-order valence-electron chi connectivity index (χ2n) is 6.34. The number of rotatable bonds is 6. The lowest BCUT2D eigenvalue weighted by Crippen LogP contribution is -2.54. The number of halogens is 3. The van der Waals surface area contributed by atoms with Gasteiger partial charge in [0.1, 0.15) is 5.57 Å². The molecule has 0 aromatic heterocycles. The maximum Gasteiger partial charge on any atom is 0.344 e. The van der Waals surface area contributed by atoms with Crippen LogP contribution in [0.4, 0.5) is 5.69 Å². The van der Waals surface area contributed by atoms with Crippen molar-refractivity contribution in [2.75, 3.05) is 18.1 Å². The van der Waals surface area contributed by atoms with Crippen LogP contribution in [0.2, 0.25) is 15.1 Å². The topological polar surface area (TPSA) is 84.9 Å². The zero-order valence-electron chi connectivity index (χ0n) is 16.5. The van der Waals surface area contributed by atoms with Crippen LogP contribution in [-0.4, -0.2) is 36.1 Å². The van der Waals surface area contributed by atoms with Crippen molar-refractivity contribution in [2.45, 2.75) is 6.92 Å². The van der Waals surface area contributed by atoms with Crippen LogP contribution in [0.5, 0.6) is 5.75 Å². The van der Waals surface area contributed by atoms with E-state index in [2.05, 4.69) is 5.32 Å². The van der Waals surface area contributed by atoms with Crippen LogP contribution >= 0.6 is 47.0 Å². The largest absolute Gasteiger partial charge is 0.479 e. The van der Waals surface area contributed by atoms with Crippen molar-refractivity contribution in [3.05, 3.63) is 62.6 Å². The van der Waals surface area contributed by atoms with E-state index in [0.29, 0.717) is 16.3 Å². The van der Waals surface area contributed by atoms with E-state index in [-0.39, 0.29) is 39.7 Å². The summed E-state index contributed by atoms with van der Waals surface area (Å²) in [5, 5.41) is 3.08. The number of benzene rings is 2. The van der Waals surface area contributed by atoms with Crippen molar-refractivity contribution in [3.8, 4) is 5.75 Å². The van der Waals surface area contributed by atoms with Gasteiger partial charge in [-0.25, -0.2) is 4.79 Å². The molecule has 1 saturated heterocycles. The number of carbonyl (C=O) groups is 3. The lowest BCUT2D eigenvalue weighted by molar-refractivity contribution is -0.145. The summed E-state index contributed by atoms with van der Waals surface area (Å²) >= 11 is 23.5. The average Bonchev–Trinajstić information content (AvgIpc) is 2.72. The molecule has 0 aliphatic carbocycles. The normalized spacial score (nSPS) is 15.1. The number of carbonyl (C=O) groups excluding carboxylic acids is 3. The number of anilines is 1. The van der Waals surface area contributed by atoms with Gasteiger partial charge >= 0.3 is 5.97 Å². The monoisotopic (exact) mass is 512 g/mol. The highest BCUT2D eigenvalue weighted by Gasteiger charge is 2.34. The molecule has 0 atom stereocenters. The Morgan fingerprint density at radius 2 is 1.75 bits per heavy atom. The van der Waals surface area contributed by atoms with Crippen LogP contribution in [0.15, 0.2) is 42.0 Å². The molecule has 0 unspecified atom stereocenters. The van der Waals surface area contributed by atoms with Crippen LogP contribution < -0.4 is 15.0 Å². The van der Waals surface area contributed by atoms with Gasteiger partial charge in [0.15, 0.2) is 17.5 Å². The first-order valence-corrected chi connectivity index (χ1v) is 10.7. The van der Waals surface area contributed by atoms with Crippen molar-refractivity contribution < 1.29 is 23.9 Å². The number of hydrogen-bond acceptors (Lipinski definition) is 6. The van der Waals surface area contributed by atoms with Crippen LogP contribution in [0.1, 0.15) is 12.5 Å². The Balaban J connectivity index is 1.89. The maximum atomic E-state index is 13.0. The molecule has 1 N–H and O–H groups in total. The van der Waals surface area contributed by atoms with E-state index in [4.69, 9.17) is 56.5 Å². The van der Waals surface area contributed by atoms with Gasteiger partial charge in [0.05, 0.1) is 22.3 Å². The molecule has 3 rings (SSSR count). The first kappa shape index (κ1) is 24.0. The molecule has 166 valence electrons. The van der Waals surface area contributed by atoms with E-state index in [0.717, 1.165) is 0 Å². The average molecular weight is 514 g/mol. The van der Waals surface area contributed by atoms with E-state index < -0.39 is 17.8 Å². The highest BCUT2D eigenvalue weighted by molar-refractivity contribution is 7.80. The summed E-state index contributed by atoms with van der Waals surface area (Å²) in [5.74, 6) is -1.79. The zero-order chi connectivity index (χ0) is 23.4. The summed E-state index contributed by atoms with van der Waals surface area (Å²) in [5.41, 5.74) is 0.626. The van der Waals surface area contributed by atoms with Gasteiger partial charge in [0.2, 0.25) is 0 Å². The minimum absolute atomic E-state index is 0.0572. The summed E-state index contributed by atoms with van der Waals surface area (Å²) < 4.78 is 10.1. The third-order valence-electron chi connectivity index (χ3n) is 4.16. The van der Waals surface area contributed by atoms with E-state index in [1.165, 1.54) is 23.1 Å². The first-order chi connectivity index (χ1) is 15.2. The minimum Gasteiger partial charge on any atom is -0.479 e. The fraction of sp³-hybridized carbons (Fsp3) is 0.143. The third kappa shape index (κ3) is 5.39. The maximum absolute atomic E-state index is 13.0. The number of esters is 1. The molecule has 11 heteroatoms. The van der Waals surface area contributed by atoms with Crippen molar-refractivity contribution in [1.82, 2.24) is 5.32 Å². The van der Waals surface area contributed by atoms with Gasteiger partial charge in [-0.3, -0.25) is 19.8 Å². The SMILES string of the molecule is CCOC(=O)COc1c(Cl)cc(/C=C2/C(=O)NC(=S)N(c3ccc(Cl)cc3)C2=O)cc1Cl. The van der Waals surface area contributed by atoms with Gasteiger partial charge in [-0.2, -0.15) is 0 Å². The zero-order valence-corrected chi connectivity index (χ0v) is 19.6. The van der Waals surface area contributed by atoms with Gasteiger partial charge in [-0.05, 0) is 67.2 Å². The number of hydrogen-bond donors (Lipinski definition) is 1. The minimum atomic E-state index is -0.667. The molecule has 0 radical (unpaired) electrons. The van der Waals surface area contributed by atoms with Gasteiger partial charge in [-0.15, -0.1) is 0 Å². The quantitative estimate of drug-likeness (QED) is 0.266. The predicted octanol–water partition coefficient (Wildman–Crippen LogP) is 4.42. The molecule has 1 aliphatic heterocycles. The molecule has 2 aromatic carbocycles. The van der Waals surface area contributed by atoms with Crippen LogP contribution in [-0.2, 0) is 19.1 Å². The van der Waals surface area contributed by atoms with Gasteiger partial charge in [0.25, 0.3) is 11.8 Å². The Kier molecular flexibility index (Phi) is 7.73. The van der Waals surface area contributed by atoms with Crippen molar-refractivity contribution in [2.24, 2.45) is 0 Å². The number of thiocarbonyl (C=S) groups is 1. The summed E-state index contributed by atoms with van der Waals surface area (Å²) in [6.07, 6.45) is 1.33. The van der Waals surface area contributed by atoms with Crippen molar-refractivity contribution in [3.63, 3.8) is 0 Å². The predicted molar refractivity (Wildman–Crippen MR) is 126 cm³/mol. The molecule has 0 bridgehead atoms. The van der Waals surface area contributed by atoms with E-state index >= 15 is 0 Å². The summed E-state index contributed by atoms with van der Waals surface area (Å²) in [7, 11) is 0. The van der Waals surface area contributed by atoms with E-state index in [9.17, 15) is 14.4 Å². The molecular formula is C21H15Cl3N2O5S. The molecule has 0 saturated carbocycles. The van der Waals surface area contributed by atoms with E-state index in [1.54, 1.807) is 31.2 Å². The summed E-state index contributed by atoms with van der Waals surface area (Å²) in [6, 6.07) is 9.29. The number of ether oxygens (including phenoxy) is 2. The molecule has 2 amide bonds. The second-order valence-corrected chi connectivity index (χ2v) is 7.98. The Labute approximate surface area is 203 Å². The first-order valence-electron chi connectivity index (χ1n) is 9.15. The molecule has 32 heavy (non-hydrogen) atoms. The molecule has 1 aliphatic rings. The van der Waals surface area contributed by atoms with Crippen LogP contribution in [0.25, 0.3) is 6.08 Å². The molecule has 1 fully saturated rings. The Morgan fingerprint density at radius 3 is 2.34 bits per heavy atom. The molecule has 0 spiro atoms. The highest BCUT2D eigenvalue weighted by atomic mass is 35.5. The Morgan fingerprint density at radius 1 is 1.12 bits per heavy atom. The van der Waals surface area contributed by atoms with Crippen LogP contribution in [0, 0.1) is 0 Å². The molecule has 1 heterocycles. The van der Waals surface area contributed by atoms with Crippen LogP contribution in [0.3, 0.4) is 0 Å². The standard InChI is InChI=1S/C21H15Cl3N2O5S/c1-2-30-17(27)10-31-18-15(23)8-11(9-16(18)24)7-14-19(28)25-21(32)26(20(14)29)13-5-3-12(22)4-6-13/h3-9H,2,10H2,1H3,(H,25,28,32)/b14-7-. The van der Waals surface area contributed by atoms with Crippen molar-refractivity contribution in [1.29, 1.82) is 0 Å². The van der Waals surface area contributed by atoms with E-state index in [1.807, 2.05) is 0 Å². The van der Waals surface area contributed by atoms with Crippen molar-refractivity contribution >= 4 is 81.7 Å². The fourth-order valence-corrected chi connectivity index (χ4v) is 3.80. The highest BCUT2D eigenvalue weighted by Crippen LogP contribution is 2.35. The smallest absolute Gasteiger partial charge is 0.344 e. The summed E-state index contributed by atoms with van der Waals surface area (Å²) in [6.45, 7) is 1.51. The molecule has 2 aromatic rings. The molecular weight excluding hydrogens is 499 g/mol.